The minimum atomic E-state index is -5.81. The summed E-state index contributed by atoms with van der Waals surface area (Å²) in [6.45, 7) is -4.64. The lowest BCUT2D eigenvalue weighted by atomic mass is 10.1. The number of hydrogen-bond acceptors (Lipinski definition) is 32. The van der Waals surface area contributed by atoms with Crippen molar-refractivity contribution in [3.63, 3.8) is 0 Å². The summed E-state index contributed by atoms with van der Waals surface area (Å²) >= 11 is 0. The van der Waals surface area contributed by atoms with Crippen LogP contribution in [-0.2, 0) is 68.9 Å². The van der Waals surface area contributed by atoms with Gasteiger partial charge in [0.25, 0.3) is 11.1 Å². The number of nitrogens with one attached hydrogen (secondary N) is 2. The van der Waals surface area contributed by atoms with Gasteiger partial charge >= 0.3 is 42.6 Å². The fraction of sp³-hybridized carbons (Fsp3) is 0.526. The smallest absolute Gasteiger partial charge is 0.387 e. The second-order valence-corrected chi connectivity index (χ2v) is 24.4. The van der Waals surface area contributed by atoms with E-state index >= 15 is 0 Å². The van der Waals surface area contributed by atoms with E-state index < -0.39 is 178 Å². The third-order valence-electron chi connectivity index (χ3n) is 13.2. The first-order valence-corrected chi connectivity index (χ1v) is 30.4. The first-order valence-electron chi connectivity index (χ1n) is 24.2. The maximum absolute atomic E-state index is 13.9. The molecule has 464 valence electrons. The van der Waals surface area contributed by atoms with E-state index in [-0.39, 0.29) is 34.0 Å². The van der Waals surface area contributed by atoms with Crippen molar-refractivity contribution in [1.82, 2.24) is 58.1 Å². The van der Waals surface area contributed by atoms with Gasteiger partial charge in [-0.15, -0.1) is 0 Å². The zero-order valence-electron chi connectivity index (χ0n) is 42.5. The minimum Gasteiger partial charge on any atom is -0.387 e. The number of nitrogens with two attached hydrogens (primary N) is 3. The lowest BCUT2D eigenvalue weighted by Gasteiger charge is -2.26. The average molecular weight is 1290 g/mol. The molecule has 47 heteroatoms. The monoisotopic (exact) mass is 1290 g/mol. The number of aromatic nitrogens is 12. The summed E-state index contributed by atoms with van der Waals surface area (Å²) in [7, 11) is -21.8. The summed E-state index contributed by atoms with van der Waals surface area (Å²) in [5.41, 5.74) is 12.7. The number of ether oxygens (including phenoxy) is 4. The van der Waals surface area contributed by atoms with Crippen LogP contribution < -0.4 is 39.5 Å². The van der Waals surface area contributed by atoms with E-state index in [1.54, 1.807) is 0 Å². The van der Waals surface area contributed by atoms with Crippen LogP contribution in [0.15, 0.2) is 69.0 Å². The molecule has 4 fully saturated rings. The van der Waals surface area contributed by atoms with Crippen LogP contribution in [-0.4, -0.2) is 203 Å². The molecule has 10 rings (SSSR count). The van der Waals surface area contributed by atoms with Gasteiger partial charge in [-0.3, -0.25) is 69.5 Å². The highest BCUT2D eigenvalue weighted by molar-refractivity contribution is 7.50. The molecular weight excluding hydrogens is 1240 g/mol. The van der Waals surface area contributed by atoms with Crippen LogP contribution in [0.5, 0.6) is 0 Å². The van der Waals surface area contributed by atoms with Crippen molar-refractivity contribution in [3.05, 3.63) is 91.5 Å². The number of aliphatic hydroxyl groups is 5. The van der Waals surface area contributed by atoms with E-state index in [9.17, 15) is 82.5 Å². The molecule has 4 aliphatic heterocycles. The highest BCUT2D eigenvalue weighted by Crippen LogP contribution is 2.54. The first kappa shape index (κ1) is 62.2. The van der Waals surface area contributed by atoms with Crippen molar-refractivity contribution in [1.29, 1.82) is 0 Å². The summed E-state index contributed by atoms with van der Waals surface area (Å²) in [6.07, 6.45) is -25.0. The average Bonchev–Trinajstić information content (AvgIpc) is 2.30. The van der Waals surface area contributed by atoms with Gasteiger partial charge in [-0.2, -0.15) is 0 Å². The van der Waals surface area contributed by atoms with Gasteiger partial charge < -0.3 is 75.5 Å². The van der Waals surface area contributed by atoms with Crippen LogP contribution in [0.4, 0.5) is 11.6 Å². The Morgan fingerprint density at radius 3 is 1.20 bits per heavy atom. The lowest BCUT2D eigenvalue weighted by Crippen LogP contribution is -2.39. The molecule has 0 amide bonds. The van der Waals surface area contributed by atoms with Crippen molar-refractivity contribution in [2.75, 3.05) is 37.9 Å². The molecule has 20 atom stereocenters. The van der Waals surface area contributed by atoms with Crippen molar-refractivity contribution >= 4 is 65.2 Å². The Balaban J connectivity index is 0.851. The summed E-state index contributed by atoms with van der Waals surface area (Å²) in [5.74, 6) is -0.132. The topological polar surface area (TPSA) is 627 Å². The van der Waals surface area contributed by atoms with Gasteiger partial charge in [-0.25, -0.2) is 63.3 Å². The number of nitrogen functional groups attached to an aromatic ring is 2. The van der Waals surface area contributed by atoms with Crippen LogP contribution >= 0.6 is 31.2 Å². The Kier molecular flexibility index (Phi) is 17.6. The van der Waals surface area contributed by atoms with Crippen molar-refractivity contribution in [2.45, 2.75) is 98.2 Å². The number of rotatable bonds is 22. The van der Waals surface area contributed by atoms with Gasteiger partial charge in [0.1, 0.15) is 96.9 Å². The normalized spacial score (nSPS) is 32.6. The van der Waals surface area contributed by atoms with Gasteiger partial charge in [0, 0.05) is 24.5 Å². The molecule has 0 radical (unpaired) electrons. The summed E-state index contributed by atoms with van der Waals surface area (Å²) in [6, 6.07) is 1.61. The molecule has 10 heterocycles. The fourth-order valence-electron chi connectivity index (χ4n) is 9.34. The predicted molar refractivity (Wildman–Crippen MR) is 270 cm³/mol. The number of fused-ring (bicyclic) bond motifs is 2. The minimum absolute atomic E-state index is 0.0267. The zero-order chi connectivity index (χ0) is 61.2. The van der Waals surface area contributed by atoms with E-state index in [1.807, 2.05) is 9.97 Å². The van der Waals surface area contributed by atoms with Gasteiger partial charge in [-0.05, 0) is 0 Å². The molecule has 17 N–H and O–H groups in total. The van der Waals surface area contributed by atoms with E-state index in [0.717, 1.165) is 54.4 Å². The summed E-state index contributed by atoms with van der Waals surface area (Å²) in [5, 5.41) is 56.2. The molecule has 6 aromatic rings. The highest BCUT2D eigenvalue weighted by atomic mass is 31.2. The Morgan fingerprint density at radius 1 is 0.482 bits per heavy atom. The molecule has 4 saturated heterocycles. The highest BCUT2D eigenvalue weighted by Gasteiger charge is 2.55. The van der Waals surface area contributed by atoms with E-state index in [0.29, 0.717) is 9.13 Å². The molecule has 0 bridgehead atoms. The molecule has 43 nitrogen and oxygen atoms in total. The Bertz CT molecular complexity index is 3900. The van der Waals surface area contributed by atoms with Gasteiger partial charge in [-0.1, -0.05) is 0 Å². The van der Waals surface area contributed by atoms with E-state index in [4.69, 9.17) is 67.6 Å². The predicted octanol–water partition coefficient (Wildman–Crippen LogP) is -6.09. The van der Waals surface area contributed by atoms with Crippen molar-refractivity contribution in [2.24, 2.45) is 5.50 Å². The van der Waals surface area contributed by atoms with Crippen LogP contribution in [0.2, 0.25) is 0 Å². The molecular formula is C38H49N15O28P4. The molecule has 6 aromatic heterocycles. The fourth-order valence-corrected chi connectivity index (χ4v) is 12.6. The quantitative estimate of drug-likeness (QED) is 0.0281. The van der Waals surface area contributed by atoms with Crippen LogP contribution in [0.3, 0.4) is 0 Å². The molecule has 0 spiro atoms. The lowest BCUT2D eigenvalue weighted by molar-refractivity contribution is -0.0650. The number of anilines is 2. The van der Waals surface area contributed by atoms with Crippen LogP contribution in [0.1, 0.15) is 24.9 Å². The third kappa shape index (κ3) is 13.2. The molecule has 0 saturated carbocycles. The second-order valence-electron chi connectivity index (χ2n) is 18.8. The number of nitrogens with zero attached hydrogens (tertiary/aromatic N) is 10. The first-order chi connectivity index (χ1) is 40.0. The number of aromatic amines is 2. The molecule has 85 heavy (non-hydrogen) atoms. The number of imidazole rings is 2. The SMILES string of the molecule is Nc1ncnc2c1ncn2[C@@H]1O[C@H](COP(=O)(O)O[C@H]2[C@@H](O)[C@H](n3ccc(=O)[nH]c3=O)O[C@@H]2COP(=O)(O)O[C@H]2[C@@H](O)[C@H](n3ccc(=O)[nH]c3=O)O[C@@H]2COP(=O)(O)O[C@H]2[C@@H](O)[C@H](n3cnc4c(N)ncnc43)O[C@@H]2COP(N)(=O)O)[C@@H](O)[C@H]1O. The Morgan fingerprint density at radius 2 is 0.824 bits per heavy atom. The Labute approximate surface area is 469 Å². The summed E-state index contributed by atoms with van der Waals surface area (Å²) < 4.78 is 116. The maximum atomic E-state index is 13.9. The molecule has 0 aliphatic carbocycles. The zero-order valence-corrected chi connectivity index (χ0v) is 46.0. The van der Waals surface area contributed by atoms with Gasteiger partial charge in [0.2, 0.25) is 0 Å². The standard InChI is InChI=1S/C38H49N15O28P4/c39-29-19-31(44-9-42-29)52(11-46-19)33-22(57)21(56)13(75-33)5-72-83(65,66)80-27-15(76-34(23(27)58)50-3-1-17(54)48-37(50)61)7-74-85(69,70)81-28-16(77-35(24(28)59)51-4-2-18(55)49-38(51)62)8-73-84(67,68)79-26-14(6-71-82(41,63)64)78-36(25(26)60)53-12-47-20-30(40)43-10-45-32(20)53/h1-4,9-16,21-28,33-36,56-60H,5-8H2,(H,65,66)(H,67,68)(H,69,70)(H2,39,42,44)(H2,40,43,45)(H3,41,63,64)(H,48,54,61)(H,49,55,62)/t13-,14-,15-,16-,21-,22-,23-,24-,25-,26-,27-,28-,33-,34-,35-,36-/m1/s1. The largest absolute Gasteiger partial charge is 0.472 e. The summed E-state index contributed by atoms with van der Waals surface area (Å²) in [4.78, 5) is 120. The third-order valence-corrected chi connectivity index (χ3v) is 16.7. The van der Waals surface area contributed by atoms with Crippen molar-refractivity contribution in [3.8, 4) is 0 Å². The van der Waals surface area contributed by atoms with Gasteiger partial charge in [0.05, 0.1) is 39.1 Å². The van der Waals surface area contributed by atoms with Gasteiger partial charge in [0.15, 0.2) is 47.8 Å². The number of phosphoric acid groups is 3. The Hall–Kier alpha value is -5.86. The van der Waals surface area contributed by atoms with E-state index in [1.165, 1.54) is 4.57 Å². The van der Waals surface area contributed by atoms with E-state index in [2.05, 4.69) is 29.9 Å². The number of aliphatic hydroxyl groups excluding tert-OH is 5. The van der Waals surface area contributed by atoms with Crippen LogP contribution in [0, 0.1) is 0 Å². The molecule has 4 unspecified atom stereocenters. The number of hydrogen-bond donors (Lipinski definition) is 14. The van der Waals surface area contributed by atoms with Crippen molar-refractivity contribution < 1.29 is 114 Å². The molecule has 4 aliphatic rings. The number of H-pyrrole nitrogens is 2. The molecule has 0 aromatic carbocycles. The maximum Gasteiger partial charge on any atom is 0.472 e. The van der Waals surface area contributed by atoms with Crippen LogP contribution in [0.25, 0.3) is 22.3 Å². The number of phosphoric ester groups is 3. The second kappa shape index (κ2) is 24.0.